The van der Waals surface area contributed by atoms with Crippen molar-refractivity contribution in [2.45, 2.75) is 20.3 Å². The highest BCUT2D eigenvalue weighted by Crippen LogP contribution is 2.25. The van der Waals surface area contributed by atoms with E-state index in [1.807, 2.05) is 17.8 Å². The van der Waals surface area contributed by atoms with E-state index in [2.05, 4.69) is 43.2 Å². The highest BCUT2D eigenvalue weighted by atomic mass is 15.3. The highest BCUT2D eigenvalue weighted by molar-refractivity contribution is 5.64. The monoisotopic (exact) mass is 200 g/mol. The Morgan fingerprint density at radius 3 is 2.47 bits per heavy atom. The van der Waals surface area contributed by atoms with Gasteiger partial charge >= 0.3 is 0 Å². The van der Waals surface area contributed by atoms with Gasteiger partial charge in [0.2, 0.25) is 0 Å². The predicted molar refractivity (Wildman–Crippen MR) is 62.8 cm³/mol. The topological polar surface area (TPSA) is 17.8 Å². The number of hydrogen-bond donors (Lipinski definition) is 0. The molecule has 2 rings (SSSR count). The molecule has 1 aromatic carbocycles. The zero-order chi connectivity index (χ0) is 10.8. The van der Waals surface area contributed by atoms with Crippen molar-refractivity contribution >= 4 is 0 Å². The first-order valence-corrected chi connectivity index (χ1v) is 5.32. The summed E-state index contributed by atoms with van der Waals surface area (Å²) in [5.74, 6) is 0. The minimum absolute atomic E-state index is 1.03. The van der Waals surface area contributed by atoms with Crippen LogP contribution in [0.25, 0.3) is 11.3 Å². The summed E-state index contributed by atoms with van der Waals surface area (Å²) in [6.45, 7) is 4.25. The standard InChI is InChI=1S/C13H16N2/c1-4-12-10(2)14-15(3)13(12)11-8-6-5-7-9-11/h5-9H,4H2,1-3H3. The van der Waals surface area contributed by atoms with Gasteiger partial charge in [-0.2, -0.15) is 5.10 Å². The number of aromatic nitrogens is 2. The zero-order valence-corrected chi connectivity index (χ0v) is 9.49. The largest absolute Gasteiger partial charge is 0.267 e. The van der Waals surface area contributed by atoms with Crippen LogP contribution < -0.4 is 0 Å². The summed E-state index contributed by atoms with van der Waals surface area (Å²) in [4.78, 5) is 0. The molecular formula is C13H16N2. The van der Waals surface area contributed by atoms with Crippen LogP contribution >= 0.6 is 0 Å². The summed E-state index contributed by atoms with van der Waals surface area (Å²) in [5.41, 5.74) is 4.98. The fourth-order valence-corrected chi connectivity index (χ4v) is 2.08. The smallest absolute Gasteiger partial charge is 0.0713 e. The van der Waals surface area contributed by atoms with Crippen LogP contribution in [0.15, 0.2) is 30.3 Å². The molecule has 2 aromatic rings. The molecule has 0 aliphatic rings. The molecule has 1 heterocycles. The van der Waals surface area contributed by atoms with Crippen LogP contribution in [-0.2, 0) is 13.5 Å². The van der Waals surface area contributed by atoms with Crippen molar-refractivity contribution in [1.29, 1.82) is 0 Å². The first-order valence-electron chi connectivity index (χ1n) is 5.32. The average molecular weight is 200 g/mol. The Bertz CT molecular complexity index is 455. The van der Waals surface area contributed by atoms with Crippen LogP contribution in [0.3, 0.4) is 0 Å². The molecule has 0 radical (unpaired) electrons. The van der Waals surface area contributed by atoms with Crippen molar-refractivity contribution in [1.82, 2.24) is 9.78 Å². The van der Waals surface area contributed by atoms with Gasteiger partial charge in [-0.15, -0.1) is 0 Å². The Balaban J connectivity index is 2.62. The SMILES string of the molecule is CCc1c(C)nn(C)c1-c1ccccc1. The Morgan fingerprint density at radius 2 is 1.87 bits per heavy atom. The minimum atomic E-state index is 1.03. The Labute approximate surface area is 90.6 Å². The van der Waals surface area contributed by atoms with E-state index in [4.69, 9.17) is 0 Å². The molecule has 0 unspecified atom stereocenters. The van der Waals surface area contributed by atoms with Crippen molar-refractivity contribution in [3.8, 4) is 11.3 Å². The summed E-state index contributed by atoms with van der Waals surface area (Å²) >= 11 is 0. The van der Waals surface area contributed by atoms with E-state index in [0.29, 0.717) is 0 Å². The van der Waals surface area contributed by atoms with Crippen LogP contribution in [0.1, 0.15) is 18.2 Å². The van der Waals surface area contributed by atoms with Crippen molar-refractivity contribution in [2.24, 2.45) is 7.05 Å². The van der Waals surface area contributed by atoms with Crippen molar-refractivity contribution < 1.29 is 0 Å². The lowest BCUT2D eigenvalue weighted by molar-refractivity contribution is 0.764. The van der Waals surface area contributed by atoms with Crippen LogP contribution in [0.5, 0.6) is 0 Å². The van der Waals surface area contributed by atoms with E-state index in [9.17, 15) is 0 Å². The molecule has 0 aliphatic carbocycles. The molecule has 0 saturated heterocycles. The summed E-state index contributed by atoms with van der Waals surface area (Å²) in [6, 6.07) is 10.4. The Hall–Kier alpha value is -1.57. The zero-order valence-electron chi connectivity index (χ0n) is 9.49. The number of rotatable bonds is 2. The first kappa shape index (κ1) is 9.97. The second kappa shape index (κ2) is 3.89. The normalized spacial score (nSPS) is 10.6. The second-order valence-corrected chi connectivity index (χ2v) is 3.76. The van der Waals surface area contributed by atoms with Gasteiger partial charge in [-0.1, -0.05) is 37.3 Å². The molecule has 15 heavy (non-hydrogen) atoms. The molecule has 0 N–H and O–H groups in total. The van der Waals surface area contributed by atoms with Gasteiger partial charge in [-0.3, -0.25) is 4.68 Å². The maximum absolute atomic E-state index is 4.47. The predicted octanol–water partition coefficient (Wildman–Crippen LogP) is 2.96. The molecule has 0 amide bonds. The number of benzene rings is 1. The third kappa shape index (κ3) is 1.67. The third-order valence-corrected chi connectivity index (χ3v) is 2.75. The third-order valence-electron chi connectivity index (χ3n) is 2.75. The van der Waals surface area contributed by atoms with Gasteiger partial charge in [0.1, 0.15) is 0 Å². The summed E-state index contributed by atoms with van der Waals surface area (Å²) < 4.78 is 1.98. The van der Waals surface area contributed by atoms with E-state index in [1.165, 1.54) is 16.8 Å². The summed E-state index contributed by atoms with van der Waals surface area (Å²) in [7, 11) is 2.01. The molecule has 78 valence electrons. The van der Waals surface area contributed by atoms with E-state index in [0.717, 1.165) is 12.1 Å². The first-order chi connectivity index (χ1) is 7.24. The van der Waals surface area contributed by atoms with Crippen molar-refractivity contribution in [3.05, 3.63) is 41.6 Å². The lowest BCUT2D eigenvalue weighted by atomic mass is 10.0. The summed E-state index contributed by atoms with van der Waals surface area (Å²) in [5, 5.41) is 4.47. The number of nitrogens with zero attached hydrogens (tertiary/aromatic N) is 2. The molecule has 0 saturated carbocycles. The van der Waals surface area contributed by atoms with Crippen LogP contribution in [0.4, 0.5) is 0 Å². The maximum Gasteiger partial charge on any atom is 0.0713 e. The number of hydrogen-bond acceptors (Lipinski definition) is 1. The molecule has 0 spiro atoms. The lowest BCUT2D eigenvalue weighted by Crippen LogP contribution is -1.94. The van der Waals surface area contributed by atoms with Crippen LogP contribution in [-0.4, -0.2) is 9.78 Å². The van der Waals surface area contributed by atoms with Gasteiger partial charge in [-0.05, 0) is 13.3 Å². The van der Waals surface area contributed by atoms with Gasteiger partial charge < -0.3 is 0 Å². The highest BCUT2D eigenvalue weighted by Gasteiger charge is 2.12. The van der Waals surface area contributed by atoms with E-state index in [1.54, 1.807) is 0 Å². The minimum Gasteiger partial charge on any atom is -0.267 e. The molecular weight excluding hydrogens is 184 g/mol. The second-order valence-electron chi connectivity index (χ2n) is 3.76. The molecule has 0 atom stereocenters. The maximum atomic E-state index is 4.47. The van der Waals surface area contributed by atoms with Gasteiger partial charge in [0.25, 0.3) is 0 Å². The molecule has 1 aromatic heterocycles. The quantitative estimate of drug-likeness (QED) is 0.728. The molecule has 0 bridgehead atoms. The van der Waals surface area contributed by atoms with Crippen LogP contribution in [0.2, 0.25) is 0 Å². The molecule has 0 aliphatic heterocycles. The Kier molecular flexibility index (Phi) is 2.58. The molecule has 0 fully saturated rings. The lowest BCUT2D eigenvalue weighted by Gasteiger charge is -2.04. The average Bonchev–Trinajstić information content (AvgIpc) is 2.54. The fourth-order valence-electron chi connectivity index (χ4n) is 2.08. The van der Waals surface area contributed by atoms with Gasteiger partial charge in [0.05, 0.1) is 11.4 Å². The van der Waals surface area contributed by atoms with Gasteiger partial charge in [0.15, 0.2) is 0 Å². The molecule has 2 heteroatoms. The van der Waals surface area contributed by atoms with Crippen LogP contribution in [0, 0.1) is 6.92 Å². The molecule has 2 nitrogen and oxygen atoms in total. The summed E-state index contributed by atoms with van der Waals surface area (Å²) in [6.07, 6.45) is 1.03. The van der Waals surface area contributed by atoms with E-state index < -0.39 is 0 Å². The van der Waals surface area contributed by atoms with Gasteiger partial charge in [-0.25, -0.2) is 0 Å². The van der Waals surface area contributed by atoms with Gasteiger partial charge in [0, 0.05) is 18.2 Å². The Morgan fingerprint density at radius 1 is 1.20 bits per heavy atom. The van der Waals surface area contributed by atoms with Crippen molar-refractivity contribution in [2.75, 3.05) is 0 Å². The van der Waals surface area contributed by atoms with Crippen molar-refractivity contribution in [3.63, 3.8) is 0 Å². The van der Waals surface area contributed by atoms with E-state index in [-0.39, 0.29) is 0 Å². The van der Waals surface area contributed by atoms with E-state index >= 15 is 0 Å². The number of aryl methyl sites for hydroxylation is 2. The fraction of sp³-hybridized carbons (Fsp3) is 0.308.